The van der Waals surface area contributed by atoms with Crippen LogP contribution in [0.15, 0.2) is 18.2 Å². The summed E-state index contributed by atoms with van der Waals surface area (Å²) in [6.07, 6.45) is 0. The standard InChI is InChI=1S/C7H5ClFNO/c8-7(11)5-3-4(10)1-2-6(5)9/h1-3H,10H2. The maximum Gasteiger partial charge on any atom is 0.255 e. The molecule has 0 aromatic heterocycles. The molecule has 0 aliphatic carbocycles. The highest BCUT2D eigenvalue weighted by atomic mass is 35.5. The highest BCUT2D eigenvalue weighted by Gasteiger charge is 2.07. The van der Waals surface area contributed by atoms with E-state index in [1.54, 1.807) is 0 Å². The van der Waals surface area contributed by atoms with Crippen LogP contribution < -0.4 is 5.73 Å². The van der Waals surface area contributed by atoms with Crippen molar-refractivity contribution in [3.8, 4) is 0 Å². The molecule has 0 saturated heterocycles. The number of benzene rings is 1. The van der Waals surface area contributed by atoms with Gasteiger partial charge in [-0.15, -0.1) is 0 Å². The average Bonchev–Trinajstić information content (AvgIpc) is 1.94. The van der Waals surface area contributed by atoms with Crippen molar-refractivity contribution in [2.45, 2.75) is 0 Å². The highest BCUT2D eigenvalue weighted by molar-refractivity contribution is 6.67. The van der Waals surface area contributed by atoms with Crippen molar-refractivity contribution in [3.05, 3.63) is 29.6 Å². The molecule has 4 heteroatoms. The fraction of sp³-hybridized carbons (Fsp3) is 0. The molecule has 0 aliphatic heterocycles. The molecule has 0 fully saturated rings. The number of nitrogens with two attached hydrogens (primary N) is 1. The van der Waals surface area contributed by atoms with Gasteiger partial charge in [0, 0.05) is 5.69 Å². The quantitative estimate of drug-likeness (QED) is 0.520. The van der Waals surface area contributed by atoms with Gasteiger partial charge in [-0.05, 0) is 29.8 Å². The van der Waals surface area contributed by atoms with E-state index in [1.807, 2.05) is 0 Å². The Hall–Kier alpha value is -1.09. The summed E-state index contributed by atoms with van der Waals surface area (Å²) in [6.45, 7) is 0. The summed E-state index contributed by atoms with van der Waals surface area (Å²) >= 11 is 5.05. The van der Waals surface area contributed by atoms with Crippen LogP contribution >= 0.6 is 11.6 Å². The van der Waals surface area contributed by atoms with Gasteiger partial charge in [-0.25, -0.2) is 4.39 Å². The minimum Gasteiger partial charge on any atom is -0.399 e. The van der Waals surface area contributed by atoms with Crippen molar-refractivity contribution in [3.63, 3.8) is 0 Å². The van der Waals surface area contributed by atoms with Crippen LogP contribution in [0.5, 0.6) is 0 Å². The van der Waals surface area contributed by atoms with E-state index in [0.717, 1.165) is 6.07 Å². The van der Waals surface area contributed by atoms with Gasteiger partial charge in [-0.1, -0.05) is 0 Å². The van der Waals surface area contributed by atoms with Gasteiger partial charge in [0.1, 0.15) is 5.82 Å². The summed E-state index contributed by atoms with van der Waals surface area (Å²) in [6, 6.07) is 3.66. The van der Waals surface area contributed by atoms with Crippen LogP contribution in [-0.4, -0.2) is 5.24 Å². The van der Waals surface area contributed by atoms with Gasteiger partial charge in [0.05, 0.1) is 5.56 Å². The third-order valence-electron chi connectivity index (χ3n) is 1.20. The summed E-state index contributed by atoms with van der Waals surface area (Å²) in [5.41, 5.74) is 5.41. The third kappa shape index (κ3) is 1.68. The predicted molar refractivity (Wildman–Crippen MR) is 41.0 cm³/mol. The second kappa shape index (κ2) is 2.88. The number of carbonyl (C=O) groups excluding carboxylic acids is 1. The normalized spacial score (nSPS) is 9.64. The first-order valence-corrected chi connectivity index (χ1v) is 3.24. The lowest BCUT2D eigenvalue weighted by Crippen LogP contribution is -1.96. The van der Waals surface area contributed by atoms with Crippen molar-refractivity contribution in [1.82, 2.24) is 0 Å². The Morgan fingerprint density at radius 2 is 2.18 bits per heavy atom. The largest absolute Gasteiger partial charge is 0.399 e. The lowest BCUT2D eigenvalue weighted by Gasteiger charge is -1.97. The number of anilines is 1. The Bertz CT molecular complexity index is 300. The average molecular weight is 174 g/mol. The van der Waals surface area contributed by atoms with Crippen LogP contribution in [0.1, 0.15) is 10.4 Å². The molecule has 0 radical (unpaired) electrons. The lowest BCUT2D eigenvalue weighted by molar-refractivity contribution is 0.107. The maximum atomic E-state index is 12.7. The predicted octanol–water partition coefficient (Wildman–Crippen LogP) is 1.79. The van der Waals surface area contributed by atoms with Gasteiger partial charge in [0.15, 0.2) is 0 Å². The van der Waals surface area contributed by atoms with Crippen LogP contribution in [0.25, 0.3) is 0 Å². The van der Waals surface area contributed by atoms with Crippen LogP contribution in [0, 0.1) is 5.82 Å². The van der Waals surface area contributed by atoms with Gasteiger partial charge < -0.3 is 5.73 Å². The first-order valence-electron chi connectivity index (χ1n) is 2.86. The summed E-state index contributed by atoms with van der Waals surface area (Å²) in [5, 5.41) is -0.838. The summed E-state index contributed by atoms with van der Waals surface area (Å²) in [4.78, 5) is 10.5. The molecule has 2 N–H and O–H groups in total. The summed E-state index contributed by atoms with van der Waals surface area (Å²) < 4.78 is 12.7. The van der Waals surface area contributed by atoms with Crippen LogP contribution in [0.3, 0.4) is 0 Å². The van der Waals surface area contributed by atoms with Crippen molar-refractivity contribution < 1.29 is 9.18 Å². The molecule has 58 valence electrons. The number of halogens is 2. The zero-order valence-corrected chi connectivity index (χ0v) is 6.23. The fourth-order valence-electron chi connectivity index (χ4n) is 0.694. The molecule has 0 bridgehead atoms. The molecule has 1 rings (SSSR count). The first-order chi connectivity index (χ1) is 5.11. The smallest absolute Gasteiger partial charge is 0.255 e. The highest BCUT2D eigenvalue weighted by Crippen LogP contribution is 2.13. The van der Waals surface area contributed by atoms with Crippen molar-refractivity contribution >= 4 is 22.5 Å². The minimum atomic E-state index is -0.838. The van der Waals surface area contributed by atoms with E-state index in [-0.39, 0.29) is 5.56 Å². The number of rotatable bonds is 1. The second-order valence-electron chi connectivity index (χ2n) is 2.01. The molecule has 0 saturated carbocycles. The van der Waals surface area contributed by atoms with Crippen molar-refractivity contribution in [2.24, 2.45) is 0 Å². The number of hydrogen-bond acceptors (Lipinski definition) is 2. The SMILES string of the molecule is Nc1ccc(F)c(C(=O)Cl)c1. The summed E-state index contributed by atoms with van der Waals surface area (Å²) in [7, 11) is 0. The van der Waals surface area contributed by atoms with E-state index in [0.29, 0.717) is 5.69 Å². The zero-order chi connectivity index (χ0) is 8.43. The van der Waals surface area contributed by atoms with Crippen LogP contribution in [0.4, 0.5) is 10.1 Å². The van der Waals surface area contributed by atoms with Crippen LogP contribution in [-0.2, 0) is 0 Å². The topological polar surface area (TPSA) is 43.1 Å². The van der Waals surface area contributed by atoms with Gasteiger partial charge >= 0.3 is 0 Å². The van der Waals surface area contributed by atoms with E-state index in [1.165, 1.54) is 12.1 Å². The zero-order valence-electron chi connectivity index (χ0n) is 5.47. The second-order valence-corrected chi connectivity index (χ2v) is 2.36. The van der Waals surface area contributed by atoms with E-state index in [4.69, 9.17) is 17.3 Å². The summed E-state index contributed by atoms with van der Waals surface area (Å²) in [5.74, 6) is -0.654. The molecule has 0 unspecified atom stereocenters. The Balaban J connectivity index is 3.23. The molecule has 0 amide bonds. The van der Waals surface area contributed by atoms with Crippen LogP contribution in [0.2, 0.25) is 0 Å². The van der Waals surface area contributed by atoms with E-state index < -0.39 is 11.1 Å². The number of nitrogen functional groups attached to an aromatic ring is 1. The molecular formula is C7H5ClFNO. The molecule has 0 aliphatic rings. The molecular weight excluding hydrogens is 169 g/mol. The van der Waals surface area contributed by atoms with Gasteiger partial charge in [0.2, 0.25) is 0 Å². The lowest BCUT2D eigenvalue weighted by atomic mass is 10.2. The van der Waals surface area contributed by atoms with Crippen molar-refractivity contribution in [1.29, 1.82) is 0 Å². The third-order valence-corrected chi connectivity index (χ3v) is 1.41. The van der Waals surface area contributed by atoms with Gasteiger partial charge in [0.25, 0.3) is 5.24 Å². The maximum absolute atomic E-state index is 12.7. The fourth-order valence-corrected chi connectivity index (χ4v) is 0.838. The monoisotopic (exact) mass is 173 g/mol. The van der Waals surface area contributed by atoms with E-state index >= 15 is 0 Å². The van der Waals surface area contributed by atoms with E-state index in [2.05, 4.69) is 0 Å². The molecule has 11 heavy (non-hydrogen) atoms. The number of hydrogen-bond donors (Lipinski definition) is 1. The molecule has 2 nitrogen and oxygen atoms in total. The van der Waals surface area contributed by atoms with E-state index in [9.17, 15) is 9.18 Å². The molecule has 0 spiro atoms. The minimum absolute atomic E-state index is 0.188. The first kappa shape index (κ1) is 8.01. The van der Waals surface area contributed by atoms with Gasteiger partial charge in [-0.2, -0.15) is 0 Å². The Morgan fingerprint density at radius 1 is 1.55 bits per heavy atom. The van der Waals surface area contributed by atoms with Crippen molar-refractivity contribution in [2.75, 3.05) is 5.73 Å². The molecule has 1 aromatic carbocycles. The number of carbonyl (C=O) groups is 1. The molecule has 0 heterocycles. The molecule has 0 atom stereocenters. The molecule has 1 aromatic rings. The Morgan fingerprint density at radius 3 is 2.64 bits per heavy atom. The Labute approximate surface area is 67.8 Å². The van der Waals surface area contributed by atoms with Gasteiger partial charge in [-0.3, -0.25) is 4.79 Å². The Kier molecular flexibility index (Phi) is 2.10.